The molecule has 62 valence electrons. The van der Waals surface area contributed by atoms with Crippen LogP contribution in [0.4, 0.5) is 0 Å². The predicted molar refractivity (Wildman–Crippen MR) is 47.8 cm³/mol. The van der Waals surface area contributed by atoms with Crippen molar-refractivity contribution < 1.29 is 9.90 Å². The molecule has 0 heterocycles. The first-order chi connectivity index (χ1) is 5.68. The Kier molecular flexibility index (Phi) is 2.64. The van der Waals surface area contributed by atoms with E-state index in [0.29, 0.717) is 0 Å². The number of carboxylic acid groups (broad SMARTS) is 1. The highest BCUT2D eigenvalue weighted by Gasteiger charge is 1.89. The van der Waals surface area contributed by atoms with Gasteiger partial charge in [-0.3, -0.25) is 0 Å². The fourth-order valence-corrected chi connectivity index (χ4v) is 0.941. The Hall–Kier alpha value is -1.57. The van der Waals surface area contributed by atoms with Gasteiger partial charge in [-0.2, -0.15) is 0 Å². The lowest BCUT2D eigenvalue weighted by atomic mass is 10.1. The molecule has 0 radical (unpaired) electrons. The van der Waals surface area contributed by atoms with Crippen LogP contribution in [0.25, 0.3) is 6.08 Å². The molecule has 1 aromatic rings. The molecule has 12 heavy (non-hydrogen) atoms. The van der Waals surface area contributed by atoms with E-state index < -0.39 is 5.97 Å². The Morgan fingerprint density at radius 3 is 2.83 bits per heavy atom. The molecule has 2 heteroatoms. The smallest absolute Gasteiger partial charge is 0.328 e. The molecule has 1 rings (SSSR count). The molecule has 0 aliphatic rings. The summed E-state index contributed by atoms with van der Waals surface area (Å²) in [6.45, 7) is 1.97. The lowest BCUT2D eigenvalue weighted by Crippen LogP contribution is -1.85. The van der Waals surface area contributed by atoms with Gasteiger partial charge in [0, 0.05) is 6.08 Å². The van der Waals surface area contributed by atoms with E-state index in [1.807, 2.05) is 31.2 Å². The zero-order valence-electron chi connectivity index (χ0n) is 6.82. The average molecular weight is 162 g/mol. The van der Waals surface area contributed by atoms with E-state index in [0.717, 1.165) is 17.2 Å². The molecule has 0 aliphatic heterocycles. The minimum Gasteiger partial charge on any atom is -0.478 e. The fraction of sp³-hybridized carbons (Fsp3) is 0.100. The van der Waals surface area contributed by atoms with Gasteiger partial charge >= 0.3 is 5.97 Å². The normalized spacial score (nSPS) is 10.4. The van der Waals surface area contributed by atoms with Gasteiger partial charge in [0.1, 0.15) is 0 Å². The largest absolute Gasteiger partial charge is 0.478 e. The van der Waals surface area contributed by atoms with E-state index in [1.54, 1.807) is 6.08 Å². The van der Waals surface area contributed by atoms with Gasteiger partial charge < -0.3 is 5.11 Å². The van der Waals surface area contributed by atoms with Gasteiger partial charge in [-0.05, 0) is 18.6 Å². The zero-order chi connectivity index (χ0) is 8.97. The summed E-state index contributed by atoms with van der Waals surface area (Å²) in [5.74, 6) is -0.920. The van der Waals surface area contributed by atoms with Crippen LogP contribution in [0.3, 0.4) is 0 Å². The third-order valence-electron chi connectivity index (χ3n) is 1.46. The highest BCUT2D eigenvalue weighted by molar-refractivity contribution is 5.85. The topological polar surface area (TPSA) is 37.3 Å². The highest BCUT2D eigenvalue weighted by atomic mass is 16.4. The third-order valence-corrected chi connectivity index (χ3v) is 1.46. The van der Waals surface area contributed by atoms with Crippen molar-refractivity contribution in [2.24, 2.45) is 0 Å². The summed E-state index contributed by atoms with van der Waals surface area (Å²) in [7, 11) is 0. The SMILES string of the molecule is Cc1cccc(/C=C\C(=O)O)c1. The molecule has 0 saturated carbocycles. The number of hydrogen-bond donors (Lipinski definition) is 1. The molecule has 1 N–H and O–H groups in total. The van der Waals surface area contributed by atoms with Gasteiger partial charge in [-0.25, -0.2) is 4.79 Å². The van der Waals surface area contributed by atoms with Crippen LogP contribution < -0.4 is 0 Å². The predicted octanol–water partition coefficient (Wildman–Crippen LogP) is 2.09. The maximum atomic E-state index is 10.2. The van der Waals surface area contributed by atoms with Crippen molar-refractivity contribution in [3.8, 4) is 0 Å². The Morgan fingerprint density at radius 1 is 1.50 bits per heavy atom. The molecule has 0 atom stereocenters. The van der Waals surface area contributed by atoms with E-state index in [1.165, 1.54) is 0 Å². The monoisotopic (exact) mass is 162 g/mol. The van der Waals surface area contributed by atoms with Gasteiger partial charge in [0.15, 0.2) is 0 Å². The molecule has 0 amide bonds. The minimum absolute atomic E-state index is 0.914. The molecule has 0 saturated heterocycles. The molecule has 1 aromatic carbocycles. The first-order valence-electron chi connectivity index (χ1n) is 3.66. The molecule has 0 bridgehead atoms. The number of aryl methyl sites for hydroxylation is 1. The van der Waals surface area contributed by atoms with Crippen LogP contribution >= 0.6 is 0 Å². The second kappa shape index (κ2) is 3.72. The van der Waals surface area contributed by atoms with Crippen molar-refractivity contribution in [2.45, 2.75) is 6.92 Å². The van der Waals surface area contributed by atoms with E-state index in [2.05, 4.69) is 0 Å². The first kappa shape index (κ1) is 8.53. The number of carboxylic acids is 1. The molecule has 0 aromatic heterocycles. The van der Waals surface area contributed by atoms with Gasteiger partial charge in [-0.1, -0.05) is 29.8 Å². The maximum Gasteiger partial charge on any atom is 0.328 e. The molecule has 0 fully saturated rings. The van der Waals surface area contributed by atoms with Gasteiger partial charge in [0.25, 0.3) is 0 Å². The summed E-state index contributed by atoms with van der Waals surface area (Å²) in [5, 5.41) is 8.36. The number of aliphatic carboxylic acids is 1. The standard InChI is InChI=1S/C10H10O2/c1-8-3-2-4-9(7-8)5-6-10(11)12/h2-7H,1H3,(H,11,12)/b6-5-. The Morgan fingerprint density at radius 2 is 2.25 bits per heavy atom. The second-order valence-corrected chi connectivity index (χ2v) is 2.59. The van der Waals surface area contributed by atoms with Gasteiger partial charge in [-0.15, -0.1) is 0 Å². The van der Waals surface area contributed by atoms with Crippen molar-refractivity contribution in [1.82, 2.24) is 0 Å². The Balaban J connectivity index is 2.83. The Bertz CT molecular complexity index is 313. The van der Waals surface area contributed by atoms with Crippen LogP contribution in [0.15, 0.2) is 30.3 Å². The number of carbonyl (C=O) groups is 1. The van der Waals surface area contributed by atoms with Crippen LogP contribution in [0.1, 0.15) is 11.1 Å². The number of hydrogen-bond acceptors (Lipinski definition) is 1. The van der Waals surface area contributed by atoms with Gasteiger partial charge in [0.2, 0.25) is 0 Å². The van der Waals surface area contributed by atoms with Crippen molar-refractivity contribution in [3.05, 3.63) is 41.5 Å². The van der Waals surface area contributed by atoms with E-state index in [4.69, 9.17) is 5.11 Å². The summed E-state index contributed by atoms with van der Waals surface area (Å²) < 4.78 is 0. The molecule has 2 nitrogen and oxygen atoms in total. The maximum absolute atomic E-state index is 10.2. The zero-order valence-corrected chi connectivity index (χ0v) is 6.82. The fourth-order valence-electron chi connectivity index (χ4n) is 0.941. The van der Waals surface area contributed by atoms with Crippen molar-refractivity contribution in [3.63, 3.8) is 0 Å². The summed E-state index contributed by atoms with van der Waals surface area (Å²) in [4.78, 5) is 10.2. The van der Waals surface area contributed by atoms with Crippen LogP contribution in [0.5, 0.6) is 0 Å². The average Bonchev–Trinajstić information content (AvgIpc) is 2.01. The number of benzene rings is 1. The van der Waals surface area contributed by atoms with Crippen LogP contribution in [0.2, 0.25) is 0 Å². The summed E-state index contributed by atoms with van der Waals surface area (Å²) >= 11 is 0. The van der Waals surface area contributed by atoms with Crippen molar-refractivity contribution >= 4 is 12.0 Å². The molecule has 0 spiro atoms. The van der Waals surface area contributed by atoms with E-state index in [-0.39, 0.29) is 0 Å². The van der Waals surface area contributed by atoms with E-state index in [9.17, 15) is 4.79 Å². The highest BCUT2D eigenvalue weighted by Crippen LogP contribution is 2.05. The van der Waals surface area contributed by atoms with E-state index >= 15 is 0 Å². The second-order valence-electron chi connectivity index (χ2n) is 2.59. The molecular formula is C10H10O2. The van der Waals surface area contributed by atoms with Crippen LogP contribution in [0, 0.1) is 6.92 Å². The lowest BCUT2D eigenvalue weighted by molar-refractivity contribution is -0.131. The van der Waals surface area contributed by atoms with Crippen LogP contribution in [-0.4, -0.2) is 11.1 Å². The molecule has 0 unspecified atom stereocenters. The third kappa shape index (κ3) is 2.58. The number of rotatable bonds is 2. The summed E-state index contributed by atoms with van der Waals surface area (Å²) in [5.41, 5.74) is 2.04. The van der Waals surface area contributed by atoms with Crippen molar-refractivity contribution in [1.29, 1.82) is 0 Å². The molecular weight excluding hydrogens is 152 g/mol. The lowest BCUT2D eigenvalue weighted by Gasteiger charge is -1.93. The minimum atomic E-state index is -0.920. The first-order valence-corrected chi connectivity index (χ1v) is 3.66. The molecule has 0 aliphatic carbocycles. The Labute approximate surface area is 71.2 Å². The summed E-state index contributed by atoms with van der Waals surface area (Å²) in [6, 6.07) is 7.67. The van der Waals surface area contributed by atoms with Crippen LogP contribution in [-0.2, 0) is 4.79 Å². The van der Waals surface area contributed by atoms with Gasteiger partial charge in [0.05, 0.1) is 0 Å². The van der Waals surface area contributed by atoms with Crippen molar-refractivity contribution in [2.75, 3.05) is 0 Å². The summed E-state index contributed by atoms with van der Waals surface area (Å²) in [6.07, 6.45) is 2.71. The quantitative estimate of drug-likeness (QED) is 0.676.